The average molecular weight is 386 g/mol. The van der Waals surface area contributed by atoms with Crippen molar-refractivity contribution < 1.29 is 14.3 Å². The lowest BCUT2D eigenvalue weighted by atomic mass is 9.49. The van der Waals surface area contributed by atoms with Gasteiger partial charge in [0.1, 0.15) is 5.75 Å². The third-order valence-electron chi connectivity index (χ3n) is 6.85. The largest absolute Gasteiger partial charge is 0.497 e. The Hall–Kier alpha value is -2.24. The van der Waals surface area contributed by atoms with Crippen molar-refractivity contribution >= 4 is 11.9 Å². The quantitative estimate of drug-likeness (QED) is 0.675. The van der Waals surface area contributed by atoms with Gasteiger partial charge in [-0.05, 0) is 79.4 Å². The molecule has 0 unspecified atom stereocenters. The van der Waals surface area contributed by atoms with Crippen LogP contribution in [0.3, 0.4) is 0 Å². The molecule has 0 heterocycles. The van der Waals surface area contributed by atoms with E-state index in [9.17, 15) is 9.59 Å². The smallest absolute Gasteiger partial charge is 0.315 e. The molecular weight excluding hydrogens is 354 g/mol. The first-order valence-corrected chi connectivity index (χ1v) is 10.4. The van der Waals surface area contributed by atoms with E-state index in [1.807, 2.05) is 24.3 Å². The summed E-state index contributed by atoms with van der Waals surface area (Å²) in [5, 5.41) is 8.55. The summed E-state index contributed by atoms with van der Waals surface area (Å²) in [5.74, 6) is 3.22. The number of amides is 3. The van der Waals surface area contributed by atoms with E-state index in [0.717, 1.165) is 35.6 Å². The second-order valence-corrected chi connectivity index (χ2v) is 9.08. The van der Waals surface area contributed by atoms with Gasteiger partial charge >= 0.3 is 6.03 Å². The first kappa shape index (κ1) is 19.1. The molecule has 1 aromatic carbocycles. The fraction of sp³-hybridized carbons (Fsp3) is 0.636. The molecule has 28 heavy (non-hydrogen) atoms. The molecular formula is C22H31N3O3. The van der Waals surface area contributed by atoms with Crippen molar-refractivity contribution in [1.82, 2.24) is 16.0 Å². The predicted octanol–water partition coefficient (Wildman–Crippen LogP) is 2.83. The number of rotatable bonds is 7. The van der Waals surface area contributed by atoms with Crippen LogP contribution in [0, 0.1) is 23.2 Å². The normalized spacial score (nSPS) is 30.0. The number of carbonyl (C=O) groups is 2. The molecule has 3 N–H and O–H groups in total. The Morgan fingerprint density at radius 1 is 0.964 bits per heavy atom. The summed E-state index contributed by atoms with van der Waals surface area (Å²) >= 11 is 0. The van der Waals surface area contributed by atoms with Gasteiger partial charge in [-0.25, -0.2) is 4.79 Å². The topological polar surface area (TPSA) is 79.5 Å². The zero-order chi connectivity index (χ0) is 19.6. The van der Waals surface area contributed by atoms with Crippen molar-refractivity contribution in [3.05, 3.63) is 29.8 Å². The van der Waals surface area contributed by atoms with Crippen molar-refractivity contribution in [2.45, 2.75) is 45.1 Å². The fourth-order valence-electron chi connectivity index (χ4n) is 6.00. The predicted molar refractivity (Wildman–Crippen MR) is 107 cm³/mol. The van der Waals surface area contributed by atoms with Crippen LogP contribution >= 0.6 is 0 Å². The highest BCUT2D eigenvalue weighted by molar-refractivity contribution is 5.83. The molecule has 4 aliphatic rings. The third-order valence-corrected chi connectivity index (χ3v) is 6.85. The monoisotopic (exact) mass is 385 g/mol. The number of hydrogen-bond donors (Lipinski definition) is 3. The van der Waals surface area contributed by atoms with Gasteiger partial charge in [-0.3, -0.25) is 4.79 Å². The van der Waals surface area contributed by atoms with Crippen molar-refractivity contribution in [2.75, 3.05) is 20.2 Å². The van der Waals surface area contributed by atoms with Gasteiger partial charge in [-0.2, -0.15) is 0 Å². The average Bonchev–Trinajstić information content (AvgIpc) is 2.68. The van der Waals surface area contributed by atoms with E-state index in [-0.39, 0.29) is 18.5 Å². The molecule has 0 radical (unpaired) electrons. The number of nitrogens with one attached hydrogen (secondary N) is 3. The molecule has 4 saturated carbocycles. The maximum atomic E-state index is 12.2. The number of ether oxygens (including phenoxy) is 1. The molecule has 6 heteroatoms. The maximum Gasteiger partial charge on any atom is 0.315 e. The Balaban J connectivity index is 1.16. The zero-order valence-corrected chi connectivity index (χ0v) is 16.6. The van der Waals surface area contributed by atoms with E-state index in [1.165, 1.54) is 38.5 Å². The molecule has 1 aromatic rings. The van der Waals surface area contributed by atoms with Crippen LogP contribution in [0.1, 0.15) is 44.1 Å². The summed E-state index contributed by atoms with van der Waals surface area (Å²) < 4.78 is 5.12. The van der Waals surface area contributed by atoms with E-state index >= 15 is 0 Å². The standard InChI is InChI=1S/C22H31N3O3/c1-28-19-4-2-15(3-5-19)12-23-20(26)13-24-21(27)25-14-22-9-16-6-17(10-22)8-18(7-16)11-22/h2-5,16-18H,6-14H2,1H3,(H,23,26)(H2,24,25,27). The molecule has 5 rings (SSSR count). The van der Waals surface area contributed by atoms with Crippen molar-refractivity contribution in [3.63, 3.8) is 0 Å². The van der Waals surface area contributed by atoms with Crippen LogP contribution in [-0.2, 0) is 11.3 Å². The summed E-state index contributed by atoms with van der Waals surface area (Å²) in [6.07, 6.45) is 8.00. The Labute approximate surface area is 166 Å². The van der Waals surface area contributed by atoms with Crippen LogP contribution in [0.4, 0.5) is 4.79 Å². The SMILES string of the molecule is COc1ccc(CNC(=O)CNC(=O)NCC23CC4CC(CC(C4)C2)C3)cc1. The van der Waals surface area contributed by atoms with E-state index in [0.29, 0.717) is 12.0 Å². The van der Waals surface area contributed by atoms with Crippen LogP contribution in [0.15, 0.2) is 24.3 Å². The molecule has 3 amide bonds. The molecule has 152 valence electrons. The highest BCUT2D eigenvalue weighted by Gasteiger charge is 2.50. The highest BCUT2D eigenvalue weighted by Crippen LogP contribution is 2.59. The number of methoxy groups -OCH3 is 1. The van der Waals surface area contributed by atoms with E-state index in [1.54, 1.807) is 7.11 Å². The second kappa shape index (κ2) is 8.02. The van der Waals surface area contributed by atoms with Gasteiger partial charge in [0, 0.05) is 13.1 Å². The first-order valence-electron chi connectivity index (χ1n) is 10.4. The van der Waals surface area contributed by atoms with Crippen molar-refractivity contribution in [2.24, 2.45) is 23.2 Å². The zero-order valence-electron chi connectivity index (χ0n) is 16.6. The Bertz CT molecular complexity index is 681. The Kier molecular flexibility index (Phi) is 5.47. The first-order chi connectivity index (χ1) is 13.5. The minimum atomic E-state index is -0.240. The van der Waals surface area contributed by atoms with Gasteiger partial charge in [0.25, 0.3) is 0 Å². The van der Waals surface area contributed by atoms with Gasteiger partial charge in [-0.15, -0.1) is 0 Å². The third kappa shape index (κ3) is 4.42. The maximum absolute atomic E-state index is 12.2. The van der Waals surface area contributed by atoms with Gasteiger partial charge in [0.05, 0.1) is 13.7 Å². The van der Waals surface area contributed by atoms with Gasteiger partial charge < -0.3 is 20.7 Å². The van der Waals surface area contributed by atoms with Gasteiger partial charge in [-0.1, -0.05) is 12.1 Å². The number of hydrogen-bond acceptors (Lipinski definition) is 3. The van der Waals surface area contributed by atoms with Crippen LogP contribution < -0.4 is 20.7 Å². The molecule has 4 fully saturated rings. The lowest BCUT2D eigenvalue weighted by Crippen LogP contribution is -2.52. The van der Waals surface area contributed by atoms with Crippen LogP contribution in [0.5, 0.6) is 5.75 Å². The van der Waals surface area contributed by atoms with Gasteiger partial charge in [0.2, 0.25) is 5.91 Å². The molecule has 4 bridgehead atoms. The summed E-state index contributed by atoms with van der Waals surface area (Å²) in [7, 11) is 1.62. The highest BCUT2D eigenvalue weighted by atomic mass is 16.5. The number of carbonyl (C=O) groups excluding carboxylic acids is 2. The molecule has 0 aliphatic heterocycles. The molecule has 0 spiro atoms. The van der Waals surface area contributed by atoms with E-state index in [4.69, 9.17) is 4.74 Å². The van der Waals surface area contributed by atoms with Crippen LogP contribution in [-0.4, -0.2) is 32.1 Å². The Morgan fingerprint density at radius 3 is 2.14 bits per heavy atom. The van der Waals surface area contributed by atoms with Crippen molar-refractivity contribution in [1.29, 1.82) is 0 Å². The summed E-state index contributed by atoms with van der Waals surface area (Å²) in [5.41, 5.74) is 1.29. The number of benzene rings is 1. The van der Waals surface area contributed by atoms with Crippen LogP contribution in [0.25, 0.3) is 0 Å². The molecule has 0 aromatic heterocycles. The molecule has 0 saturated heterocycles. The summed E-state index contributed by atoms with van der Waals surface area (Å²) in [6.45, 7) is 1.16. The fourth-order valence-corrected chi connectivity index (χ4v) is 6.00. The molecule has 0 atom stereocenters. The lowest BCUT2D eigenvalue weighted by Gasteiger charge is -2.56. The van der Waals surface area contributed by atoms with Crippen LogP contribution in [0.2, 0.25) is 0 Å². The minimum absolute atomic E-state index is 0.0110. The van der Waals surface area contributed by atoms with Crippen molar-refractivity contribution in [3.8, 4) is 5.75 Å². The molecule has 6 nitrogen and oxygen atoms in total. The Morgan fingerprint density at radius 2 is 1.57 bits per heavy atom. The summed E-state index contributed by atoms with van der Waals surface area (Å²) in [4.78, 5) is 24.2. The van der Waals surface area contributed by atoms with E-state index < -0.39 is 0 Å². The van der Waals surface area contributed by atoms with Gasteiger partial charge in [0.15, 0.2) is 0 Å². The second-order valence-electron chi connectivity index (χ2n) is 9.08. The number of urea groups is 1. The van der Waals surface area contributed by atoms with E-state index in [2.05, 4.69) is 16.0 Å². The lowest BCUT2D eigenvalue weighted by molar-refractivity contribution is -0.120. The summed E-state index contributed by atoms with van der Waals surface area (Å²) in [6, 6.07) is 7.29. The minimum Gasteiger partial charge on any atom is -0.497 e. The molecule has 4 aliphatic carbocycles.